The molecule has 0 saturated heterocycles. The van der Waals surface area contributed by atoms with Crippen molar-refractivity contribution >= 4 is 52.1 Å². The number of anilines is 3. The Balaban J connectivity index is 2.11. The average molecular weight is 392 g/mol. The molecule has 0 aliphatic carbocycles. The van der Waals surface area contributed by atoms with E-state index in [9.17, 15) is 22.8 Å². The molecule has 0 bridgehead atoms. The molecule has 0 aliphatic heterocycles. The molecule has 2 amide bonds. The zero-order valence-corrected chi connectivity index (χ0v) is 13.8. The van der Waals surface area contributed by atoms with Gasteiger partial charge in [0.25, 0.3) is 0 Å². The molecule has 5 nitrogen and oxygen atoms in total. The quantitative estimate of drug-likeness (QED) is 0.530. The second-order valence-corrected chi connectivity index (χ2v) is 5.65. The third-order valence-corrected chi connectivity index (χ3v) is 3.65. The van der Waals surface area contributed by atoms with Crippen molar-refractivity contribution in [3.63, 3.8) is 0 Å². The molecule has 0 aromatic heterocycles. The smallest absolute Gasteiger partial charge is 0.398 e. The highest BCUT2D eigenvalue weighted by Gasteiger charge is 2.33. The third kappa shape index (κ3) is 4.77. The highest BCUT2D eigenvalue weighted by Crippen LogP contribution is 2.36. The van der Waals surface area contributed by atoms with Crippen LogP contribution in [-0.4, -0.2) is 11.8 Å². The van der Waals surface area contributed by atoms with E-state index in [1.807, 2.05) is 0 Å². The van der Waals surface area contributed by atoms with Crippen LogP contribution in [0.15, 0.2) is 36.4 Å². The van der Waals surface area contributed by atoms with Gasteiger partial charge in [-0.1, -0.05) is 23.2 Å². The molecule has 4 N–H and O–H groups in total. The van der Waals surface area contributed by atoms with Crippen LogP contribution in [0.2, 0.25) is 10.0 Å². The van der Waals surface area contributed by atoms with Crippen molar-refractivity contribution in [1.29, 1.82) is 0 Å². The summed E-state index contributed by atoms with van der Waals surface area (Å²) in [5, 5.41) is 3.96. The van der Waals surface area contributed by atoms with Gasteiger partial charge in [0, 0.05) is 11.4 Å². The summed E-state index contributed by atoms with van der Waals surface area (Å²) in [6.45, 7) is 0. The Morgan fingerprint density at radius 3 is 1.92 bits per heavy atom. The summed E-state index contributed by atoms with van der Waals surface area (Å²) >= 11 is 11.3. The number of hydrogen-bond donors (Lipinski definition) is 3. The molecule has 0 saturated carbocycles. The summed E-state index contributed by atoms with van der Waals surface area (Å²) < 4.78 is 38.4. The molecule has 10 heteroatoms. The largest absolute Gasteiger partial charge is 0.417 e. The Morgan fingerprint density at radius 1 is 0.880 bits per heavy atom. The van der Waals surface area contributed by atoms with Crippen LogP contribution in [0.1, 0.15) is 5.56 Å². The van der Waals surface area contributed by atoms with Crippen LogP contribution in [0.5, 0.6) is 0 Å². The van der Waals surface area contributed by atoms with Crippen molar-refractivity contribution in [3.05, 3.63) is 52.0 Å². The molecule has 0 aliphatic rings. The molecular formula is C15H10Cl2F3N3O2. The molecule has 0 spiro atoms. The average Bonchev–Trinajstić information content (AvgIpc) is 2.51. The number of hydrogen-bond acceptors (Lipinski definition) is 3. The van der Waals surface area contributed by atoms with Crippen molar-refractivity contribution in [3.8, 4) is 0 Å². The van der Waals surface area contributed by atoms with Gasteiger partial charge >= 0.3 is 18.0 Å². The zero-order valence-electron chi connectivity index (χ0n) is 12.2. The molecule has 132 valence electrons. The van der Waals surface area contributed by atoms with Crippen LogP contribution >= 0.6 is 23.2 Å². The lowest BCUT2D eigenvalue weighted by atomic mass is 10.2. The van der Waals surface area contributed by atoms with Crippen LogP contribution in [-0.2, 0) is 15.8 Å². The summed E-state index contributed by atoms with van der Waals surface area (Å²) in [6, 6.07) is 6.90. The van der Waals surface area contributed by atoms with Gasteiger partial charge in [-0.15, -0.1) is 0 Å². The SMILES string of the molecule is Nc1ccc(NC(=O)C(=O)Nc2ccc(Cl)c(C(F)(F)F)c2)cc1Cl. The van der Waals surface area contributed by atoms with E-state index >= 15 is 0 Å². The van der Waals surface area contributed by atoms with E-state index < -0.39 is 28.6 Å². The van der Waals surface area contributed by atoms with Gasteiger partial charge in [-0.2, -0.15) is 13.2 Å². The molecule has 0 unspecified atom stereocenters. The van der Waals surface area contributed by atoms with Crippen LogP contribution in [0.3, 0.4) is 0 Å². The number of benzene rings is 2. The van der Waals surface area contributed by atoms with Crippen molar-refractivity contribution in [2.45, 2.75) is 6.18 Å². The molecule has 25 heavy (non-hydrogen) atoms. The fourth-order valence-corrected chi connectivity index (χ4v) is 2.21. The number of halogens is 5. The van der Waals surface area contributed by atoms with Crippen LogP contribution in [0, 0.1) is 0 Å². The maximum absolute atomic E-state index is 12.8. The number of carbonyl (C=O) groups excluding carboxylic acids is 2. The topological polar surface area (TPSA) is 84.2 Å². The van der Waals surface area contributed by atoms with Gasteiger partial charge < -0.3 is 16.4 Å². The second kappa shape index (κ2) is 7.20. The molecule has 0 atom stereocenters. The second-order valence-electron chi connectivity index (χ2n) is 4.84. The first-order valence-electron chi connectivity index (χ1n) is 6.62. The van der Waals surface area contributed by atoms with Gasteiger partial charge in [-0.25, -0.2) is 0 Å². The van der Waals surface area contributed by atoms with Crippen LogP contribution < -0.4 is 16.4 Å². The lowest BCUT2D eigenvalue weighted by Gasteiger charge is -2.12. The highest BCUT2D eigenvalue weighted by atomic mass is 35.5. The van der Waals surface area contributed by atoms with E-state index in [1.165, 1.54) is 18.2 Å². The molecule has 0 fully saturated rings. The summed E-state index contributed by atoms with van der Waals surface area (Å²) in [5.41, 5.74) is 4.64. The first-order valence-corrected chi connectivity index (χ1v) is 7.37. The number of rotatable bonds is 2. The summed E-state index contributed by atoms with van der Waals surface area (Å²) in [6.07, 6.45) is -4.69. The minimum Gasteiger partial charge on any atom is -0.398 e. The Morgan fingerprint density at radius 2 is 1.40 bits per heavy atom. The number of nitrogen functional groups attached to an aromatic ring is 1. The molecule has 0 heterocycles. The van der Waals surface area contributed by atoms with E-state index in [0.29, 0.717) is 6.07 Å². The van der Waals surface area contributed by atoms with E-state index in [0.717, 1.165) is 12.1 Å². The monoisotopic (exact) mass is 391 g/mol. The zero-order chi connectivity index (χ0) is 18.8. The van der Waals surface area contributed by atoms with E-state index in [2.05, 4.69) is 10.6 Å². The molecule has 2 aromatic rings. The van der Waals surface area contributed by atoms with Crippen molar-refractivity contribution in [2.75, 3.05) is 16.4 Å². The first-order chi connectivity index (χ1) is 11.6. The van der Waals surface area contributed by atoms with Crippen molar-refractivity contribution in [2.24, 2.45) is 0 Å². The number of alkyl halides is 3. The summed E-state index contributed by atoms with van der Waals surface area (Å²) in [4.78, 5) is 23.6. The normalized spacial score (nSPS) is 11.1. The minimum atomic E-state index is -4.69. The number of nitrogens with one attached hydrogen (secondary N) is 2. The van der Waals surface area contributed by atoms with E-state index in [4.69, 9.17) is 28.9 Å². The Labute approximate surface area is 149 Å². The molecule has 2 rings (SSSR count). The first kappa shape index (κ1) is 18.9. The van der Waals surface area contributed by atoms with Crippen LogP contribution in [0.25, 0.3) is 0 Å². The van der Waals surface area contributed by atoms with Gasteiger partial charge in [0.1, 0.15) is 0 Å². The number of carbonyl (C=O) groups is 2. The number of nitrogens with two attached hydrogens (primary N) is 1. The van der Waals surface area contributed by atoms with Gasteiger partial charge in [0.15, 0.2) is 0 Å². The van der Waals surface area contributed by atoms with E-state index in [-0.39, 0.29) is 22.1 Å². The highest BCUT2D eigenvalue weighted by molar-refractivity contribution is 6.44. The predicted octanol–water partition coefficient (Wildman–Crippen LogP) is 4.17. The van der Waals surface area contributed by atoms with Gasteiger partial charge in [-0.3, -0.25) is 9.59 Å². The van der Waals surface area contributed by atoms with Crippen molar-refractivity contribution in [1.82, 2.24) is 0 Å². The fourth-order valence-electron chi connectivity index (χ4n) is 1.80. The fraction of sp³-hybridized carbons (Fsp3) is 0.0667. The lowest BCUT2D eigenvalue weighted by Crippen LogP contribution is -2.29. The number of amides is 2. The van der Waals surface area contributed by atoms with Gasteiger partial charge in [0.05, 0.1) is 21.3 Å². The Bertz CT molecular complexity index is 841. The van der Waals surface area contributed by atoms with Gasteiger partial charge in [-0.05, 0) is 36.4 Å². The maximum atomic E-state index is 12.8. The third-order valence-electron chi connectivity index (χ3n) is 2.99. The Kier molecular flexibility index (Phi) is 5.44. The minimum absolute atomic E-state index is 0.172. The standard InChI is InChI=1S/C15H10Cl2F3N3O2/c16-10-3-1-7(5-9(10)15(18,19)20)22-13(24)14(25)23-8-2-4-12(21)11(17)6-8/h1-6H,21H2,(H,22,24)(H,23,25). The lowest BCUT2D eigenvalue weighted by molar-refractivity contribution is -0.137. The van der Waals surface area contributed by atoms with E-state index in [1.54, 1.807) is 0 Å². The predicted molar refractivity (Wildman–Crippen MR) is 89.6 cm³/mol. The maximum Gasteiger partial charge on any atom is 0.417 e. The molecule has 2 aromatic carbocycles. The summed E-state index contributed by atoms with van der Waals surface area (Å²) in [7, 11) is 0. The summed E-state index contributed by atoms with van der Waals surface area (Å²) in [5.74, 6) is -2.26. The van der Waals surface area contributed by atoms with Crippen molar-refractivity contribution < 1.29 is 22.8 Å². The Hall–Kier alpha value is -2.45. The molecule has 0 radical (unpaired) electrons. The molecular weight excluding hydrogens is 382 g/mol. The van der Waals surface area contributed by atoms with Crippen LogP contribution in [0.4, 0.5) is 30.2 Å². The van der Waals surface area contributed by atoms with Gasteiger partial charge in [0.2, 0.25) is 0 Å².